The molecule has 1 saturated heterocycles. The van der Waals surface area contributed by atoms with Crippen LogP contribution in [-0.2, 0) is 18.6 Å². The van der Waals surface area contributed by atoms with Crippen LogP contribution >= 0.6 is 19.9 Å². The van der Waals surface area contributed by atoms with Crippen LogP contribution in [-0.4, -0.2) is 56.2 Å². The van der Waals surface area contributed by atoms with Crippen molar-refractivity contribution in [2.24, 2.45) is 5.92 Å². The standard InChI is InChI=1S/C15H26N5O6PS/c1-8(2)5-25-13(22)9(3)19-27(24)26-6-11-10(21)4-12(28-11)20-7-17-14(16)18-15(20)23/h7-12,21,27H,4-6H2,1-3H3,(H,19,24)(H2,16,18,23)/t9-,10?,11?,12?/m0/s1. The zero-order chi connectivity index (χ0) is 20.8. The number of ether oxygens (including phenoxy) is 1. The SMILES string of the molecule is CC(C)COC(=O)[C@H](C)N[PH](=O)OCC1SC(n2cnc(N)nc2=O)CC1O. The highest BCUT2D eigenvalue weighted by Gasteiger charge is 2.36. The van der Waals surface area contributed by atoms with Gasteiger partial charge in [-0.3, -0.25) is 13.9 Å². The number of nitrogen functional groups attached to an aromatic ring is 1. The van der Waals surface area contributed by atoms with Gasteiger partial charge >= 0.3 is 11.7 Å². The summed E-state index contributed by atoms with van der Waals surface area (Å²) in [6, 6.07) is -0.774. The Balaban J connectivity index is 1.81. The average Bonchev–Trinajstić information content (AvgIpc) is 2.98. The summed E-state index contributed by atoms with van der Waals surface area (Å²) < 4.78 is 23.7. The van der Waals surface area contributed by atoms with Crippen molar-refractivity contribution < 1.29 is 23.7 Å². The molecular formula is C15H26N5O6PS. The maximum Gasteiger partial charge on any atom is 0.353 e. The molecule has 2 heterocycles. The van der Waals surface area contributed by atoms with Crippen LogP contribution in [0.25, 0.3) is 0 Å². The van der Waals surface area contributed by atoms with E-state index in [1.807, 2.05) is 13.8 Å². The van der Waals surface area contributed by atoms with E-state index in [0.29, 0.717) is 0 Å². The number of anilines is 1. The Morgan fingerprint density at radius 2 is 2.25 bits per heavy atom. The van der Waals surface area contributed by atoms with Crippen LogP contribution in [0, 0.1) is 5.92 Å². The lowest BCUT2D eigenvalue weighted by Gasteiger charge is -2.17. The summed E-state index contributed by atoms with van der Waals surface area (Å²) in [7, 11) is -2.71. The molecule has 1 aromatic heterocycles. The molecule has 4 unspecified atom stereocenters. The number of rotatable bonds is 9. The van der Waals surface area contributed by atoms with Gasteiger partial charge < -0.3 is 20.1 Å². The minimum absolute atomic E-state index is 0.00846. The van der Waals surface area contributed by atoms with Gasteiger partial charge in [0.25, 0.3) is 8.18 Å². The van der Waals surface area contributed by atoms with E-state index in [1.165, 1.54) is 29.6 Å². The monoisotopic (exact) mass is 435 g/mol. The van der Waals surface area contributed by atoms with Crippen molar-refractivity contribution in [3.05, 3.63) is 16.8 Å². The molecule has 1 aromatic rings. The minimum atomic E-state index is -2.71. The number of esters is 1. The van der Waals surface area contributed by atoms with Gasteiger partial charge in [-0.05, 0) is 12.8 Å². The maximum absolute atomic E-state index is 12.1. The van der Waals surface area contributed by atoms with Crippen molar-refractivity contribution in [3.8, 4) is 0 Å². The third kappa shape index (κ3) is 6.56. The molecule has 4 N–H and O–H groups in total. The summed E-state index contributed by atoms with van der Waals surface area (Å²) >= 11 is 1.30. The van der Waals surface area contributed by atoms with Crippen LogP contribution in [0.15, 0.2) is 11.1 Å². The Kier molecular flexibility index (Phi) is 8.44. The minimum Gasteiger partial charge on any atom is -0.464 e. The number of thioether (sulfide) groups is 1. The summed E-state index contributed by atoms with van der Waals surface area (Å²) in [5, 5.41) is 12.0. The van der Waals surface area contributed by atoms with E-state index >= 15 is 0 Å². The molecule has 13 heteroatoms. The van der Waals surface area contributed by atoms with Gasteiger partial charge in [-0.2, -0.15) is 4.98 Å². The first-order valence-corrected chi connectivity index (χ1v) is 11.1. The van der Waals surface area contributed by atoms with Crippen molar-refractivity contribution in [3.63, 3.8) is 0 Å². The van der Waals surface area contributed by atoms with E-state index in [1.54, 1.807) is 0 Å². The van der Waals surface area contributed by atoms with Crippen molar-refractivity contribution in [1.82, 2.24) is 19.6 Å². The average molecular weight is 435 g/mol. The highest BCUT2D eigenvalue weighted by atomic mass is 32.2. The Labute approximate surface area is 167 Å². The van der Waals surface area contributed by atoms with Gasteiger partial charge in [0.2, 0.25) is 5.95 Å². The van der Waals surface area contributed by atoms with E-state index in [4.69, 9.17) is 15.0 Å². The largest absolute Gasteiger partial charge is 0.464 e. The number of nitrogens with two attached hydrogens (primary N) is 1. The third-order valence-corrected chi connectivity index (χ3v) is 6.52. The summed E-state index contributed by atoms with van der Waals surface area (Å²) in [5.74, 6) is -0.415. The Bertz CT molecular complexity index is 763. The van der Waals surface area contributed by atoms with E-state index in [0.717, 1.165) is 0 Å². The van der Waals surface area contributed by atoms with Gasteiger partial charge in [-0.15, -0.1) is 11.8 Å². The molecule has 28 heavy (non-hydrogen) atoms. The molecule has 0 bridgehead atoms. The van der Waals surface area contributed by atoms with Crippen molar-refractivity contribution in [2.75, 3.05) is 18.9 Å². The van der Waals surface area contributed by atoms with Gasteiger partial charge in [0.1, 0.15) is 12.4 Å². The molecule has 0 amide bonds. The third-order valence-electron chi connectivity index (χ3n) is 3.89. The molecule has 1 fully saturated rings. The predicted molar refractivity (Wildman–Crippen MR) is 105 cm³/mol. The zero-order valence-corrected chi connectivity index (χ0v) is 17.7. The smallest absolute Gasteiger partial charge is 0.353 e. The van der Waals surface area contributed by atoms with Crippen LogP contribution in [0.3, 0.4) is 0 Å². The number of aliphatic hydroxyl groups excluding tert-OH is 1. The zero-order valence-electron chi connectivity index (χ0n) is 15.9. The van der Waals surface area contributed by atoms with Crippen LogP contribution < -0.4 is 16.5 Å². The van der Waals surface area contributed by atoms with Crippen LogP contribution in [0.5, 0.6) is 0 Å². The molecule has 0 aromatic carbocycles. The second kappa shape index (κ2) is 10.4. The van der Waals surface area contributed by atoms with E-state index < -0.39 is 37.2 Å². The highest BCUT2D eigenvalue weighted by molar-refractivity contribution is 8.00. The lowest BCUT2D eigenvalue weighted by Crippen LogP contribution is -2.32. The van der Waals surface area contributed by atoms with Gasteiger partial charge in [-0.1, -0.05) is 13.8 Å². The first-order chi connectivity index (χ1) is 13.2. The molecule has 158 valence electrons. The molecule has 0 saturated carbocycles. The van der Waals surface area contributed by atoms with E-state index in [9.17, 15) is 19.3 Å². The number of nitrogens with zero attached hydrogens (tertiary/aromatic N) is 3. The number of aromatic nitrogens is 3. The number of hydrogen-bond acceptors (Lipinski definition) is 10. The second-order valence-corrected chi connectivity index (χ2v) is 9.40. The first-order valence-electron chi connectivity index (χ1n) is 8.81. The lowest BCUT2D eigenvalue weighted by molar-refractivity contribution is -0.146. The van der Waals surface area contributed by atoms with Crippen LogP contribution in [0.1, 0.15) is 32.6 Å². The summed E-state index contributed by atoms with van der Waals surface area (Å²) in [6.45, 7) is 5.65. The number of aliphatic hydroxyl groups is 1. The number of nitrogens with one attached hydrogen (secondary N) is 1. The topological polar surface area (TPSA) is 159 Å². The van der Waals surface area contributed by atoms with Crippen LogP contribution in [0.2, 0.25) is 0 Å². The highest BCUT2D eigenvalue weighted by Crippen LogP contribution is 2.41. The molecule has 5 atom stereocenters. The van der Waals surface area contributed by atoms with E-state index in [-0.39, 0.29) is 36.9 Å². The fourth-order valence-corrected chi connectivity index (χ4v) is 4.83. The summed E-state index contributed by atoms with van der Waals surface area (Å²) in [4.78, 5) is 31.0. The summed E-state index contributed by atoms with van der Waals surface area (Å²) in [5.41, 5.74) is 4.82. The molecule has 2 rings (SSSR count). The summed E-state index contributed by atoms with van der Waals surface area (Å²) in [6.07, 6.45) is 0.813. The van der Waals surface area contributed by atoms with Crippen molar-refractivity contribution in [1.29, 1.82) is 0 Å². The number of carbonyl (C=O) groups excluding carboxylic acids is 1. The number of carbonyl (C=O) groups is 1. The van der Waals surface area contributed by atoms with Crippen molar-refractivity contribution in [2.45, 2.75) is 50.0 Å². The molecular weight excluding hydrogens is 409 g/mol. The fraction of sp³-hybridized carbons (Fsp3) is 0.733. The fourth-order valence-electron chi connectivity index (χ4n) is 2.40. The maximum atomic E-state index is 12.1. The van der Waals surface area contributed by atoms with Gasteiger partial charge in [0.05, 0.1) is 29.9 Å². The Morgan fingerprint density at radius 3 is 2.89 bits per heavy atom. The second-order valence-electron chi connectivity index (χ2n) is 6.83. The lowest BCUT2D eigenvalue weighted by atomic mass is 10.2. The quantitative estimate of drug-likeness (QED) is 0.358. The molecule has 1 aliphatic heterocycles. The van der Waals surface area contributed by atoms with Gasteiger partial charge in [0.15, 0.2) is 0 Å². The predicted octanol–water partition coefficient (Wildman–Crippen LogP) is 0.169. The Morgan fingerprint density at radius 1 is 1.54 bits per heavy atom. The molecule has 1 aliphatic rings. The number of hydrogen-bond donors (Lipinski definition) is 3. The molecule has 0 aliphatic carbocycles. The van der Waals surface area contributed by atoms with Gasteiger partial charge in [-0.25, -0.2) is 14.9 Å². The molecule has 11 nitrogen and oxygen atoms in total. The normalized spacial score (nSPS) is 24.2. The van der Waals surface area contributed by atoms with Crippen LogP contribution in [0.4, 0.5) is 5.95 Å². The van der Waals surface area contributed by atoms with E-state index in [2.05, 4.69) is 15.1 Å². The first kappa shape index (κ1) is 22.8. The van der Waals surface area contributed by atoms with Gasteiger partial charge in [0, 0.05) is 6.42 Å². The van der Waals surface area contributed by atoms with Crippen molar-refractivity contribution >= 4 is 31.9 Å². The molecule has 0 radical (unpaired) electrons. The Hall–Kier alpha value is -1.46. The molecule has 0 spiro atoms.